The summed E-state index contributed by atoms with van der Waals surface area (Å²) in [5.41, 5.74) is 0.610. The predicted octanol–water partition coefficient (Wildman–Crippen LogP) is 3.82. The molecule has 1 aliphatic heterocycles. The number of cyclic esters (lactones) is 1. The SMILES string of the molecule is CC(=O)c1cccc([C@]2(C)CC(=O)O[C@@]2(C#N)c2cccc(C)c2)c1. The van der Waals surface area contributed by atoms with Crippen molar-refractivity contribution in [1.29, 1.82) is 5.26 Å². The number of benzene rings is 2. The summed E-state index contributed by atoms with van der Waals surface area (Å²) in [6, 6.07) is 16.8. The Morgan fingerprint density at radius 2 is 1.84 bits per heavy atom. The monoisotopic (exact) mass is 333 g/mol. The van der Waals surface area contributed by atoms with E-state index in [1.54, 1.807) is 18.2 Å². The molecule has 2 aromatic carbocycles. The molecule has 3 rings (SSSR count). The zero-order valence-corrected chi connectivity index (χ0v) is 14.5. The van der Waals surface area contributed by atoms with Gasteiger partial charge in [-0.25, -0.2) is 0 Å². The molecule has 0 unspecified atom stereocenters. The van der Waals surface area contributed by atoms with E-state index in [-0.39, 0.29) is 12.2 Å². The van der Waals surface area contributed by atoms with Crippen molar-refractivity contribution in [2.75, 3.05) is 0 Å². The molecule has 4 heteroatoms. The average Bonchev–Trinajstić information content (AvgIpc) is 2.87. The quantitative estimate of drug-likeness (QED) is 0.632. The van der Waals surface area contributed by atoms with Crippen molar-refractivity contribution in [3.8, 4) is 6.07 Å². The van der Waals surface area contributed by atoms with Crippen LogP contribution in [0.5, 0.6) is 0 Å². The van der Waals surface area contributed by atoms with Crippen LogP contribution in [0.1, 0.15) is 47.3 Å². The first kappa shape index (κ1) is 16.9. The van der Waals surface area contributed by atoms with E-state index < -0.39 is 17.0 Å². The van der Waals surface area contributed by atoms with Crippen LogP contribution in [-0.2, 0) is 20.5 Å². The number of nitriles is 1. The molecule has 0 radical (unpaired) electrons. The highest BCUT2D eigenvalue weighted by Crippen LogP contribution is 2.52. The summed E-state index contributed by atoms with van der Waals surface area (Å²) in [6.07, 6.45) is 0.0792. The third-order valence-electron chi connectivity index (χ3n) is 5.03. The second kappa shape index (κ2) is 5.86. The fraction of sp³-hybridized carbons (Fsp3) is 0.286. The molecule has 1 heterocycles. The molecule has 126 valence electrons. The lowest BCUT2D eigenvalue weighted by atomic mass is 9.65. The Morgan fingerprint density at radius 3 is 2.48 bits per heavy atom. The van der Waals surface area contributed by atoms with Gasteiger partial charge in [0, 0.05) is 11.1 Å². The average molecular weight is 333 g/mol. The number of rotatable bonds is 3. The van der Waals surface area contributed by atoms with E-state index in [2.05, 4.69) is 6.07 Å². The topological polar surface area (TPSA) is 67.2 Å². The molecule has 2 atom stereocenters. The van der Waals surface area contributed by atoms with E-state index in [0.29, 0.717) is 11.1 Å². The maximum Gasteiger partial charge on any atom is 0.308 e. The lowest BCUT2D eigenvalue weighted by molar-refractivity contribution is -0.146. The van der Waals surface area contributed by atoms with E-state index in [1.807, 2.05) is 44.2 Å². The van der Waals surface area contributed by atoms with Gasteiger partial charge in [0.15, 0.2) is 5.78 Å². The minimum Gasteiger partial charge on any atom is -0.438 e. The van der Waals surface area contributed by atoms with Gasteiger partial charge >= 0.3 is 5.97 Å². The van der Waals surface area contributed by atoms with Crippen LogP contribution in [0.15, 0.2) is 48.5 Å². The zero-order chi connectivity index (χ0) is 18.2. The third kappa shape index (κ3) is 2.53. The maximum absolute atomic E-state index is 12.2. The van der Waals surface area contributed by atoms with E-state index in [1.165, 1.54) is 6.92 Å². The van der Waals surface area contributed by atoms with E-state index in [4.69, 9.17) is 4.74 Å². The molecule has 0 aliphatic carbocycles. The maximum atomic E-state index is 12.2. The number of ketones is 1. The molecule has 0 amide bonds. The van der Waals surface area contributed by atoms with Gasteiger partial charge in [0.2, 0.25) is 5.60 Å². The van der Waals surface area contributed by atoms with Crippen LogP contribution in [0.2, 0.25) is 0 Å². The molecule has 2 aromatic rings. The number of carbonyl (C=O) groups is 2. The van der Waals surface area contributed by atoms with Crippen molar-refractivity contribution in [2.24, 2.45) is 0 Å². The minimum atomic E-state index is -1.43. The van der Waals surface area contributed by atoms with Crippen LogP contribution in [-0.4, -0.2) is 11.8 Å². The van der Waals surface area contributed by atoms with Gasteiger partial charge in [-0.1, -0.05) is 48.0 Å². The smallest absolute Gasteiger partial charge is 0.308 e. The van der Waals surface area contributed by atoms with Gasteiger partial charge in [-0.2, -0.15) is 5.26 Å². The molecule has 0 bridgehead atoms. The number of Topliss-reactive ketones (excluding diaryl/α,β-unsaturated/α-hetero) is 1. The summed E-state index contributed by atoms with van der Waals surface area (Å²) in [6.45, 7) is 5.28. The van der Waals surface area contributed by atoms with Crippen molar-refractivity contribution < 1.29 is 14.3 Å². The number of nitrogens with zero attached hydrogens (tertiary/aromatic N) is 1. The normalized spacial score (nSPS) is 25.3. The second-order valence-electron chi connectivity index (χ2n) is 6.78. The van der Waals surface area contributed by atoms with Crippen LogP contribution in [0.25, 0.3) is 0 Å². The minimum absolute atomic E-state index is 0.0613. The second-order valence-corrected chi connectivity index (χ2v) is 6.78. The molecule has 1 fully saturated rings. The van der Waals surface area contributed by atoms with Crippen molar-refractivity contribution in [1.82, 2.24) is 0 Å². The van der Waals surface area contributed by atoms with Gasteiger partial charge < -0.3 is 4.74 Å². The summed E-state index contributed by atoms with van der Waals surface area (Å²) >= 11 is 0. The van der Waals surface area contributed by atoms with Crippen LogP contribution in [0, 0.1) is 18.3 Å². The van der Waals surface area contributed by atoms with Gasteiger partial charge in [0.1, 0.15) is 6.07 Å². The number of ether oxygens (including phenoxy) is 1. The highest BCUT2D eigenvalue weighted by Gasteiger charge is 2.60. The lowest BCUT2D eigenvalue weighted by Crippen LogP contribution is -2.43. The van der Waals surface area contributed by atoms with E-state index >= 15 is 0 Å². The van der Waals surface area contributed by atoms with Crippen molar-refractivity contribution in [3.63, 3.8) is 0 Å². The number of hydrogen-bond donors (Lipinski definition) is 0. The summed E-state index contributed by atoms with van der Waals surface area (Å²) in [7, 11) is 0. The molecule has 1 aliphatic rings. The summed E-state index contributed by atoms with van der Waals surface area (Å²) in [5.74, 6) is -0.479. The van der Waals surface area contributed by atoms with Gasteiger partial charge in [0.05, 0.1) is 11.8 Å². The molecule has 0 aromatic heterocycles. The molecule has 1 saturated heterocycles. The number of esters is 1. The van der Waals surface area contributed by atoms with Gasteiger partial charge in [0.25, 0.3) is 0 Å². The Labute approximate surface area is 147 Å². The largest absolute Gasteiger partial charge is 0.438 e. The predicted molar refractivity (Wildman–Crippen MR) is 93.0 cm³/mol. The summed E-state index contributed by atoms with van der Waals surface area (Å²) in [5, 5.41) is 10.1. The first-order chi connectivity index (χ1) is 11.8. The highest BCUT2D eigenvalue weighted by molar-refractivity contribution is 5.94. The van der Waals surface area contributed by atoms with Gasteiger partial charge in [-0.3, -0.25) is 9.59 Å². The van der Waals surface area contributed by atoms with Crippen LogP contribution >= 0.6 is 0 Å². The molecule has 4 nitrogen and oxygen atoms in total. The Bertz CT molecular complexity index is 911. The van der Waals surface area contributed by atoms with Crippen molar-refractivity contribution in [3.05, 3.63) is 70.8 Å². The van der Waals surface area contributed by atoms with E-state index in [0.717, 1.165) is 11.1 Å². The van der Waals surface area contributed by atoms with Gasteiger partial charge in [-0.05, 0) is 32.4 Å². The molecule has 0 N–H and O–H groups in total. The third-order valence-corrected chi connectivity index (χ3v) is 5.03. The number of aryl methyl sites for hydroxylation is 1. The molecular formula is C21H19NO3. The molecule has 0 spiro atoms. The highest BCUT2D eigenvalue weighted by atomic mass is 16.6. The van der Waals surface area contributed by atoms with Gasteiger partial charge in [-0.15, -0.1) is 0 Å². The Kier molecular flexibility index (Phi) is 3.96. The first-order valence-electron chi connectivity index (χ1n) is 8.14. The van der Waals surface area contributed by atoms with Crippen LogP contribution in [0.3, 0.4) is 0 Å². The Hall–Kier alpha value is -2.93. The Morgan fingerprint density at radius 1 is 1.16 bits per heavy atom. The number of hydrogen-bond acceptors (Lipinski definition) is 4. The van der Waals surface area contributed by atoms with Crippen molar-refractivity contribution in [2.45, 2.75) is 38.2 Å². The van der Waals surface area contributed by atoms with Crippen LogP contribution in [0.4, 0.5) is 0 Å². The van der Waals surface area contributed by atoms with Crippen molar-refractivity contribution >= 4 is 11.8 Å². The van der Waals surface area contributed by atoms with Crippen LogP contribution < -0.4 is 0 Å². The molecule has 0 saturated carbocycles. The summed E-state index contributed by atoms with van der Waals surface area (Å²) < 4.78 is 5.62. The molecule has 25 heavy (non-hydrogen) atoms. The fourth-order valence-electron chi connectivity index (χ4n) is 3.57. The summed E-state index contributed by atoms with van der Waals surface area (Å²) in [4.78, 5) is 24.0. The standard InChI is InChI=1S/C21H19NO3/c1-14-6-4-9-18(10-14)21(13-22)20(3,12-19(24)25-21)17-8-5-7-16(11-17)15(2)23/h4-11H,12H2,1-3H3/t20-,21-/m0/s1. The first-order valence-corrected chi connectivity index (χ1v) is 8.14. The lowest BCUT2D eigenvalue weighted by Gasteiger charge is -2.36. The zero-order valence-electron chi connectivity index (χ0n) is 14.5. The molecular weight excluding hydrogens is 314 g/mol. The van der Waals surface area contributed by atoms with E-state index in [9.17, 15) is 14.9 Å². The fourth-order valence-corrected chi connectivity index (χ4v) is 3.57. The number of carbonyl (C=O) groups excluding carboxylic acids is 2. The Balaban J connectivity index is 2.25.